The summed E-state index contributed by atoms with van der Waals surface area (Å²) in [5.41, 5.74) is 0. The van der Waals surface area contributed by atoms with E-state index in [0.717, 1.165) is 43.7 Å². The minimum atomic E-state index is 0.127. The summed E-state index contributed by atoms with van der Waals surface area (Å²) in [5.74, 6) is 1.87. The Morgan fingerprint density at radius 3 is 2.73 bits per heavy atom. The fourth-order valence-electron chi connectivity index (χ4n) is 3.84. The first-order valence-electron chi connectivity index (χ1n) is 9.53. The molecule has 2 aliphatic heterocycles. The SMILES string of the molecule is COc1ccc(OCCCC(=O)N2CC[C@@H]3NC(=O)CCCC[C@H]32)cc1. The Hall–Kier alpha value is -2.24. The monoisotopic (exact) mass is 360 g/mol. The van der Waals surface area contributed by atoms with Crippen molar-refractivity contribution in [1.29, 1.82) is 0 Å². The second-order valence-corrected chi connectivity index (χ2v) is 6.99. The number of ether oxygens (including phenoxy) is 2. The Bertz CT molecular complexity index is 617. The van der Waals surface area contributed by atoms with Crippen molar-refractivity contribution in [3.05, 3.63) is 24.3 Å². The maximum atomic E-state index is 12.6. The van der Waals surface area contributed by atoms with Crippen LogP contribution in [0.15, 0.2) is 24.3 Å². The molecule has 1 N–H and O–H groups in total. The molecule has 26 heavy (non-hydrogen) atoms. The average Bonchev–Trinajstić information content (AvgIpc) is 3.02. The van der Waals surface area contributed by atoms with E-state index in [4.69, 9.17) is 9.47 Å². The molecule has 3 rings (SSSR count). The van der Waals surface area contributed by atoms with E-state index < -0.39 is 0 Å². The number of methoxy groups -OCH3 is 1. The lowest BCUT2D eigenvalue weighted by Crippen LogP contribution is -2.47. The number of nitrogens with one attached hydrogen (secondary N) is 1. The summed E-state index contributed by atoms with van der Waals surface area (Å²) in [6.07, 6.45) is 5.55. The maximum absolute atomic E-state index is 12.6. The lowest BCUT2D eigenvalue weighted by atomic mass is 9.98. The summed E-state index contributed by atoms with van der Waals surface area (Å²) in [6.45, 7) is 1.25. The van der Waals surface area contributed by atoms with Crippen LogP contribution in [0, 0.1) is 0 Å². The molecule has 2 atom stereocenters. The number of likely N-dealkylation sites (tertiary alicyclic amines) is 1. The van der Waals surface area contributed by atoms with E-state index in [2.05, 4.69) is 5.32 Å². The van der Waals surface area contributed by atoms with Gasteiger partial charge in [0.2, 0.25) is 11.8 Å². The molecule has 0 spiro atoms. The van der Waals surface area contributed by atoms with Gasteiger partial charge >= 0.3 is 0 Å². The normalized spacial score (nSPS) is 22.8. The van der Waals surface area contributed by atoms with Crippen LogP contribution < -0.4 is 14.8 Å². The highest BCUT2D eigenvalue weighted by molar-refractivity contribution is 5.78. The summed E-state index contributed by atoms with van der Waals surface area (Å²) in [6, 6.07) is 7.73. The van der Waals surface area contributed by atoms with Gasteiger partial charge in [-0.05, 0) is 49.9 Å². The predicted molar refractivity (Wildman–Crippen MR) is 98.2 cm³/mol. The molecule has 1 aromatic rings. The Labute approximate surface area is 154 Å². The number of carbonyl (C=O) groups excluding carboxylic acids is 2. The third-order valence-electron chi connectivity index (χ3n) is 5.23. The van der Waals surface area contributed by atoms with Crippen molar-refractivity contribution in [2.75, 3.05) is 20.3 Å². The number of fused-ring (bicyclic) bond motifs is 1. The van der Waals surface area contributed by atoms with E-state index in [-0.39, 0.29) is 23.9 Å². The standard InChI is InChI=1S/C20H28N2O4/c1-25-15-8-10-16(11-9-15)26-14-4-7-20(24)22-13-12-17-18(22)5-2-3-6-19(23)21-17/h8-11,17-18H,2-7,12-14H2,1H3,(H,21,23)/t17-,18+/m0/s1. The molecule has 2 heterocycles. The lowest BCUT2D eigenvalue weighted by Gasteiger charge is -2.30. The molecule has 6 heteroatoms. The third-order valence-corrected chi connectivity index (χ3v) is 5.23. The van der Waals surface area contributed by atoms with Gasteiger partial charge in [-0.25, -0.2) is 0 Å². The molecule has 0 unspecified atom stereocenters. The quantitative estimate of drug-likeness (QED) is 0.792. The fourth-order valence-corrected chi connectivity index (χ4v) is 3.84. The van der Waals surface area contributed by atoms with Crippen molar-refractivity contribution in [1.82, 2.24) is 10.2 Å². The number of hydrogen-bond donors (Lipinski definition) is 1. The highest BCUT2D eigenvalue weighted by atomic mass is 16.5. The molecule has 0 saturated carbocycles. The number of amides is 2. The van der Waals surface area contributed by atoms with E-state index in [9.17, 15) is 9.59 Å². The van der Waals surface area contributed by atoms with E-state index in [0.29, 0.717) is 25.9 Å². The number of benzene rings is 1. The molecule has 0 radical (unpaired) electrons. The highest BCUT2D eigenvalue weighted by Crippen LogP contribution is 2.26. The lowest BCUT2D eigenvalue weighted by molar-refractivity contribution is -0.133. The zero-order valence-electron chi connectivity index (χ0n) is 15.4. The first kappa shape index (κ1) is 18.5. The zero-order chi connectivity index (χ0) is 18.4. The number of carbonyl (C=O) groups is 2. The Balaban J connectivity index is 1.43. The van der Waals surface area contributed by atoms with E-state index in [1.54, 1.807) is 7.11 Å². The van der Waals surface area contributed by atoms with Crippen molar-refractivity contribution >= 4 is 11.8 Å². The molecular formula is C20H28N2O4. The largest absolute Gasteiger partial charge is 0.497 e. The second-order valence-electron chi connectivity index (χ2n) is 6.99. The van der Waals surface area contributed by atoms with Crippen LogP contribution in [0.25, 0.3) is 0 Å². The van der Waals surface area contributed by atoms with Gasteiger partial charge in [0.15, 0.2) is 0 Å². The van der Waals surface area contributed by atoms with Gasteiger partial charge in [-0.1, -0.05) is 6.42 Å². The first-order chi connectivity index (χ1) is 12.7. The molecule has 0 aromatic heterocycles. The molecule has 2 aliphatic rings. The molecule has 2 saturated heterocycles. The van der Waals surface area contributed by atoms with Crippen LogP contribution in [-0.4, -0.2) is 49.1 Å². The van der Waals surface area contributed by atoms with Crippen LogP contribution in [0.3, 0.4) is 0 Å². The van der Waals surface area contributed by atoms with E-state index in [1.807, 2.05) is 29.2 Å². The molecular weight excluding hydrogens is 332 g/mol. The molecule has 142 valence electrons. The smallest absolute Gasteiger partial charge is 0.223 e. The molecule has 1 aromatic carbocycles. The van der Waals surface area contributed by atoms with Gasteiger partial charge in [0.25, 0.3) is 0 Å². The molecule has 6 nitrogen and oxygen atoms in total. The Morgan fingerprint density at radius 2 is 1.96 bits per heavy atom. The van der Waals surface area contributed by atoms with E-state index in [1.165, 1.54) is 0 Å². The Kier molecular flexibility index (Phi) is 6.36. The molecule has 2 fully saturated rings. The topological polar surface area (TPSA) is 67.9 Å². The van der Waals surface area contributed by atoms with Crippen LogP contribution in [0.4, 0.5) is 0 Å². The molecule has 0 bridgehead atoms. The maximum Gasteiger partial charge on any atom is 0.223 e. The van der Waals surface area contributed by atoms with Gasteiger partial charge in [-0.3, -0.25) is 9.59 Å². The summed E-state index contributed by atoms with van der Waals surface area (Å²) in [7, 11) is 1.63. The minimum absolute atomic E-state index is 0.127. The van der Waals surface area contributed by atoms with Gasteiger partial charge in [-0.15, -0.1) is 0 Å². The summed E-state index contributed by atoms with van der Waals surface area (Å²) in [4.78, 5) is 26.4. The average molecular weight is 360 g/mol. The molecule has 0 aliphatic carbocycles. The Morgan fingerprint density at radius 1 is 1.19 bits per heavy atom. The second kappa shape index (κ2) is 8.92. The van der Waals surface area contributed by atoms with Crippen LogP contribution in [0.2, 0.25) is 0 Å². The number of nitrogens with zero attached hydrogens (tertiary/aromatic N) is 1. The van der Waals surface area contributed by atoms with Gasteiger partial charge in [0.05, 0.1) is 25.8 Å². The zero-order valence-corrected chi connectivity index (χ0v) is 15.4. The van der Waals surface area contributed by atoms with Gasteiger partial charge in [0.1, 0.15) is 11.5 Å². The fraction of sp³-hybridized carbons (Fsp3) is 0.600. The predicted octanol–water partition coefficient (Wildman–Crippen LogP) is 2.51. The first-order valence-corrected chi connectivity index (χ1v) is 9.53. The summed E-state index contributed by atoms with van der Waals surface area (Å²) >= 11 is 0. The van der Waals surface area contributed by atoms with Crippen LogP contribution in [0.1, 0.15) is 44.9 Å². The van der Waals surface area contributed by atoms with Gasteiger partial charge in [-0.2, -0.15) is 0 Å². The third kappa shape index (κ3) is 4.68. The van der Waals surface area contributed by atoms with Crippen molar-refractivity contribution < 1.29 is 19.1 Å². The minimum Gasteiger partial charge on any atom is -0.497 e. The van der Waals surface area contributed by atoms with Crippen molar-refractivity contribution in [3.63, 3.8) is 0 Å². The highest BCUT2D eigenvalue weighted by Gasteiger charge is 2.37. The van der Waals surface area contributed by atoms with E-state index >= 15 is 0 Å². The van der Waals surface area contributed by atoms with Gasteiger partial charge < -0.3 is 19.7 Å². The summed E-state index contributed by atoms with van der Waals surface area (Å²) < 4.78 is 10.8. The van der Waals surface area contributed by atoms with Crippen LogP contribution in [-0.2, 0) is 9.59 Å². The van der Waals surface area contributed by atoms with Crippen LogP contribution >= 0.6 is 0 Å². The van der Waals surface area contributed by atoms with Crippen molar-refractivity contribution in [3.8, 4) is 11.5 Å². The number of hydrogen-bond acceptors (Lipinski definition) is 4. The van der Waals surface area contributed by atoms with Crippen LogP contribution in [0.5, 0.6) is 11.5 Å². The van der Waals surface area contributed by atoms with Crippen molar-refractivity contribution in [2.24, 2.45) is 0 Å². The van der Waals surface area contributed by atoms with Crippen molar-refractivity contribution in [2.45, 2.75) is 57.0 Å². The van der Waals surface area contributed by atoms with Gasteiger partial charge in [0, 0.05) is 19.4 Å². The molecule has 2 amide bonds. The number of rotatable bonds is 6. The summed E-state index contributed by atoms with van der Waals surface area (Å²) in [5, 5.41) is 3.10.